The van der Waals surface area contributed by atoms with E-state index in [2.05, 4.69) is 56.2 Å². The number of hydrogen-bond acceptors (Lipinski definition) is 11. The van der Waals surface area contributed by atoms with Crippen molar-refractivity contribution in [1.29, 1.82) is 0 Å². The molecule has 13 nitrogen and oxygen atoms in total. The third kappa shape index (κ3) is 5.12. The second-order valence-electron chi connectivity index (χ2n) is 3.66. The van der Waals surface area contributed by atoms with Gasteiger partial charge in [0, 0.05) is 11.8 Å². The predicted octanol–water partition coefficient (Wildman–Crippen LogP) is -9.01. The van der Waals surface area contributed by atoms with Crippen LogP contribution < -0.4 is 69.3 Å². The van der Waals surface area contributed by atoms with Gasteiger partial charge in [-0.1, -0.05) is 6.07 Å². The van der Waals surface area contributed by atoms with Gasteiger partial charge in [0.2, 0.25) is 11.6 Å². The molecule has 3 aromatic rings. The van der Waals surface area contributed by atoms with Crippen molar-refractivity contribution >= 4 is 23.4 Å². The normalized spacial score (nSPS) is 11.5. The van der Waals surface area contributed by atoms with Crippen LogP contribution in [0.15, 0.2) is 28.2 Å². The molecule has 0 saturated heterocycles. The van der Waals surface area contributed by atoms with Gasteiger partial charge in [-0.3, -0.25) is 0 Å². The number of pyridine rings is 1. The molecule has 0 amide bonds. The van der Waals surface area contributed by atoms with Gasteiger partial charge in [-0.15, -0.1) is 20.4 Å². The Morgan fingerprint density at radius 3 is 1.67 bits per heavy atom. The van der Waals surface area contributed by atoms with E-state index < -0.39 is 11.8 Å². The zero-order valence-corrected chi connectivity index (χ0v) is 16.6. The molecule has 0 fully saturated rings. The fraction of sp³-hybridized carbons (Fsp3) is 0. The molecular weight excluding hydrogens is 340 g/mol. The Bertz CT molecular complexity index is 752. The van der Waals surface area contributed by atoms with Crippen LogP contribution in [0.3, 0.4) is 0 Å². The quantitative estimate of drug-likeness (QED) is 0.262. The summed E-state index contributed by atoms with van der Waals surface area (Å²) in [6.07, 6.45) is 0. The minimum atomic E-state index is -0.733. The Kier molecular flexibility index (Phi) is 8.03. The fourth-order valence-corrected chi connectivity index (χ4v) is 1.35. The second kappa shape index (κ2) is 9.51. The molecule has 0 saturated carbocycles. The zero-order chi connectivity index (χ0) is 15.4. The van der Waals surface area contributed by atoms with Crippen molar-refractivity contribution in [3.05, 3.63) is 29.8 Å². The molecule has 0 unspecified atom stereocenters. The van der Waals surface area contributed by atoms with E-state index in [-0.39, 0.29) is 82.4 Å². The number of hydrogen-bond donors (Lipinski definition) is 2. The van der Waals surface area contributed by atoms with E-state index in [9.17, 15) is 10.2 Å². The number of rotatable bonds is 4. The standard InChI is InChI=1S/C9H7N11O2.2Na/c21-8(6-13-17-18-14-6)11-4-2-1-3-5(10-4)12-9(22)7-15-19-20-16-7;;/h1-3H,(H,13,14,17,18)(H,15,16,19,20)(H2,10,11,12,21,22);;/q;2*+1/p-2. The SMILES string of the molecule is [Na+].[Na+].[O-]C(=Nc1cccc(N=C([O-])c2nn[nH]n2)n1)c1nn[nH]n1. The van der Waals surface area contributed by atoms with Crippen molar-refractivity contribution in [3.63, 3.8) is 0 Å². The van der Waals surface area contributed by atoms with Crippen molar-refractivity contribution < 1.29 is 69.3 Å². The van der Waals surface area contributed by atoms with Crippen LogP contribution in [0.2, 0.25) is 0 Å². The Labute approximate surface area is 177 Å². The third-order valence-corrected chi connectivity index (χ3v) is 2.23. The Morgan fingerprint density at radius 2 is 1.29 bits per heavy atom. The van der Waals surface area contributed by atoms with E-state index in [1.807, 2.05) is 0 Å². The van der Waals surface area contributed by atoms with Gasteiger partial charge in [0.1, 0.15) is 0 Å². The topological polar surface area (TPSA) is 193 Å². The summed E-state index contributed by atoms with van der Waals surface area (Å²) in [5.74, 6) is -1.79. The molecule has 0 spiro atoms. The molecule has 0 aromatic carbocycles. The fourth-order valence-electron chi connectivity index (χ4n) is 1.35. The zero-order valence-electron chi connectivity index (χ0n) is 12.6. The van der Waals surface area contributed by atoms with Crippen LogP contribution in [0.4, 0.5) is 11.6 Å². The first-order valence-corrected chi connectivity index (χ1v) is 5.68. The van der Waals surface area contributed by atoms with Gasteiger partial charge in [0.05, 0.1) is 0 Å². The molecule has 2 N–H and O–H groups in total. The molecule has 3 rings (SSSR count). The van der Waals surface area contributed by atoms with E-state index >= 15 is 0 Å². The van der Waals surface area contributed by atoms with Crippen LogP contribution in [-0.2, 0) is 0 Å². The van der Waals surface area contributed by atoms with E-state index in [1.54, 1.807) is 0 Å². The Hall–Kier alpha value is -1.77. The minimum Gasteiger partial charge on any atom is -0.856 e. The van der Waals surface area contributed by atoms with Gasteiger partial charge in [-0.2, -0.15) is 10.4 Å². The molecule has 110 valence electrons. The molecule has 0 aliphatic rings. The average molecular weight is 345 g/mol. The van der Waals surface area contributed by atoms with Crippen molar-refractivity contribution in [3.8, 4) is 0 Å². The number of aromatic amines is 2. The average Bonchev–Trinajstić information content (AvgIpc) is 3.21. The minimum absolute atomic E-state index is 0. The van der Waals surface area contributed by atoms with Crippen LogP contribution in [0.25, 0.3) is 0 Å². The van der Waals surface area contributed by atoms with E-state index in [0.717, 1.165) is 0 Å². The number of nitrogens with one attached hydrogen (secondary N) is 2. The van der Waals surface area contributed by atoms with Gasteiger partial charge in [0.25, 0.3) is 0 Å². The molecule has 0 aliphatic heterocycles. The van der Waals surface area contributed by atoms with Crippen molar-refractivity contribution in [1.82, 2.24) is 46.2 Å². The number of aromatic nitrogens is 9. The molecule has 15 heteroatoms. The van der Waals surface area contributed by atoms with Gasteiger partial charge in [-0.25, -0.2) is 15.0 Å². The first-order valence-electron chi connectivity index (χ1n) is 5.68. The van der Waals surface area contributed by atoms with Crippen LogP contribution >= 0.6 is 0 Å². The van der Waals surface area contributed by atoms with Crippen LogP contribution in [0, 0.1) is 0 Å². The maximum atomic E-state index is 11.7. The molecule has 0 radical (unpaired) electrons. The summed E-state index contributed by atoms with van der Waals surface area (Å²) in [7, 11) is 0. The van der Waals surface area contributed by atoms with E-state index in [0.29, 0.717) is 0 Å². The summed E-state index contributed by atoms with van der Waals surface area (Å²) in [4.78, 5) is 11.3. The summed E-state index contributed by atoms with van der Waals surface area (Å²) in [6, 6.07) is 4.43. The van der Waals surface area contributed by atoms with E-state index in [1.165, 1.54) is 18.2 Å². The summed E-state index contributed by atoms with van der Waals surface area (Å²) in [6.45, 7) is 0. The molecule has 0 bridgehead atoms. The molecule has 0 aliphatic carbocycles. The van der Waals surface area contributed by atoms with Crippen LogP contribution in [0.5, 0.6) is 0 Å². The molecular formula is C9H5N11Na2O2. The third-order valence-electron chi connectivity index (χ3n) is 2.23. The van der Waals surface area contributed by atoms with Crippen LogP contribution in [-0.4, -0.2) is 58.0 Å². The summed E-state index contributed by atoms with van der Waals surface area (Å²) in [5.41, 5.74) is 0. The Balaban J connectivity index is 0.00000144. The summed E-state index contributed by atoms with van der Waals surface area (Å²) in [5, 5.41) is 48.1. The molecule has 3 heterocycles. The summed E-state index contributed by atoms with van der Waals surface area (Å²) < 4.78 is 0. The Morgan fingerprint density at radius 1 is 0.833 bits per heavy atom. The van der Waals surface area contributed by atoms with Gasteiger partial charge < -0.3 is 10.2 Å². The van der Waals surface area contributed by atoms with Crippen molar-refractivity contribution in [2.45, 2.75) is 0 Å². The van der Waals surface area contributed by atoms with E-state index in [4.69, 9.17) is 0 Å². The van der Waals surface area contributed by atoms with Crippen molar-refractivity contribution in [2.75, 3.05) is 0 Å². The van der Waals surface area contributed by atoms with Gasteiger partial charge >= 0.3 is 59.1 Å². The number of H-pyrrole nitrogens is 2. The smallest absolute Gasteiger partial charge is 0.856 e. The first kappa shape index (κ1) is 20.3. The van der Waals surface area contributed by atoms with Crippen LogP contribution in [0.1, 0.15) is 11.6 Å². The first-order chi connectivity index (χ1) is 10.7. The molecule has 24 heavy (non-hydrogen) atoms. The van der Waals surface area contributed by atoms with Gasteiger partial charge in [0.15, 0.2) is 11.6 Å². The number of tetrazole rings is 2. The molecule has 3 aromatic heterocycles. The van der Waals surface area contributed by atoms with Gasteiger partial charge in [-0.05, 0) is 22.6 Å². The number of nitrogens with zero attached hydrogens (tertiary/aromatic N) is 9. The number of aliphatic imine (C=N–C) groups is 2. The monoisotopic (exact) mass is 345 g/mol. The predicted molar refractivity (Wildman–Crippen MR) is 65.0 cm³/mol. The maximum absolute atomic E-state index is 11.7. The molecule has 0 atom stereocenters. The summed E-state index contributed by atoms with van der Waals surface area (Å²) >= 11 is 0. The largest absolute Gasteiger partial charge is 1.00 e. The van der Waals surface area contributed by atoms with Crippen molar-refractivity contribution in [2.24, 2.45) is 9.98 Å². The maximum Gasteiger partial charge on any atom is 1.00 e. The second-order valence-corrected chi connectivity index (χ2v) is 3.66.